The maximum Gasteiger partial charge on any atom is 0.251 e. The van der Waals surface area contributed by atoms with Crippen molar-refractivity contribution in [1.29, 1.82) is 0 Å². The summed E-state index contributed by atoms with van der Waals surface area (Å²) >= 11 is 0. The maximum atomic E-state index is 12.0. The third-order valence-electron chi connectivity index (χ3n) is 3.04. The summed E-state index contributed by atoms with van der Waals surface area (Å²) in [6.07, 6.45) is 0.575. The Morgan fingerprint density at radius 1 is 1.22 bits per heavy atom. The van der Waals surface area contributed by atoms with Crippen LogP contribution in [0.3, 0.4) is 0 Å². The summed E-state index contributed by atoms with van der Waals surface area (Å²) < 4.78 is 0. The lowest BCUT2D eigenvalue weighted by Crippen LogP contribution is -2.36. The molecular weight excluding hydrogens is 224 g/mol. The molecule has 0 fully saturated rings. The number of hydrogen-bond donors (Lipinski definition) is 2. The summed E-state index contributed by atoms with van der Waals surface area (Å²) in [6, 6.07) is 6.09. The van der Waals surface area contributed by atoms with Crippen molar-refractivity contribution >= 4 is 10.9 Å². The molecular formula is C15H20N2O. The molecule has 0 radical (unpaired) electrons. The van der Waals surface area contributed by atoms with E-state index in [1.54, 1.807) is 0 Å². The molecule has 0 amide bonds. The summed E-state index contributed by atoms with van der Waals surface area (Å²) in [6.45, 7) is 7.95. The Kier molecular flexibility index (Phi) is 3.03. The van der Waals surface area contributed by atoms with Crippen LogP contribution >= 0.6 is 0 Å². The second-order valence-electron chi connectivity index (χ2n) is 5.83. The van der Waals surface area contributed by atoms with Crippen LogP contribution in [-0.2, 0) is 6.42 Å². The lowest BCUT2D eigenvalue weighted by molar-refractivity contribution is 0.514. The molecule has 0 aliphatic rings. The highest BCUT2D eigenvalue weighted by Crippen LogP contribution is 2.19. The predicted molar refractivity (Wildman–Crippen MR) is 76.0 cm³/mol. The molecule has 3 heteroatoms. The van der Waals surface area contributed by atoms with Crippen molar-refractivity contribution in [2.45, 2.75) is 39.7 Å². The standard InChI is InChI=1S/C15H20N2O/c1-9-5-10(2)12-7-11(8-15(3,4)16)14(18)17-13(12)6-9/h5-7H,8,16H2,1-4H3,(H,17,18). The van der Waals surface area contributed by atoms with Crippen LogP contribution < -0.4 is 11.3 Å². The van der Waals surface area contributed by atoms with Gasteiger partial charge in [-0.25, -0.2) is 0 Å². The van der Waals surface area contributed by atoms with Crippen LogP contribution in [0.25, 0.3) is 10.9 Å². The smallest absolute Gasteiger partial charge is 0.251 e. The van der Waals surface area contributed by atoms with Crippen LogP contribution in [0.2, 0.25) is 0 Å². The topological polar surface area (TPSA) is 58.9 Å². The van der Waals surface area contributed by atoms with E-state index in [1.165, 1.54) is 5.56 Å². The summed E-state index contributed by atoms with van der Waals surface area (Å²) in [4.78, 5) is 15.0. The lowest BCUT2D eigenvalue weighted by atomic mass is 9.95. The van der Waals surface area contributed by atoms with Crippen LogP contribution in [0.5, 0.6) is 0 Å². The van der Waals surface area contributed by atoms with Gasteiger partial charge in [0.2, 0.25) is 0 Å². The first-order valence-corrected chi connectivity index (χ1v) is 6.18. The van der Waals surface area contributed by atoms with E-state index in [2.05, 4.69) is 18.0 Å². The van der Waals surface area contributed by atoms with Gasteiger partial charge in [-0.1, -0.05) is 6.07 Å². The van der Waals surface area contributed by atoms with Crippen molar-refractivity contribution in [2.24, 2.45) is 5.73 Å². The zero-order valence-electron chi connectivity index (χ0n) is 11.4. The normalized spacial score (nSPS) is 12.1. The van der Waals surface area contributed by atoms with E-state index in [9.17, 15) is 4.79 Å². The molecule has 1 heterocycles. The molecule has 0 saturated carbocycles. The summed E-state index contributed by atoms with van der Waals surface area (Å²) in [5.74, 6) is 0. The highest BCUT2D eigenvalue weighted by molar-refractivity contribution is 5.83. The van der Waals surface area contributed by atoms with Gasteiger partial charge in [0.25, 0.3) is 5.56 Å². The Labute approximate surface area is 107 Å². The van der Waals surface area contributed by atoms with Gasteiger partial charge in [-0.05, 0) is 57.4 Å². The number of aromatic nitrogens is 1. The van der Waals surface area contributed by atoms with Gasteiger partial charge >= 0.3 is 0 Å². The maximum absolute atomic E-state index is 12.0. The molecule has 2 aromatic rings. The third kappa shape index (κ3) is 2.62. The van der Waals surface area contributed by atoms with Crippen LogP contribution in [0.15, 0.2) is 23.0 Å². The first-order chi connectivity index (χ1) is 8.26. The van der Waals surface area contributed by atoms with E-state index in [4.69, 9.17) is 5.73 Å². The molecule has 0 unspecified atom stereocenters. The summed E-state index contributed by atoms with van der Waals surface area (Å²) in [5.41, 5.74) is 9.56. The van der Waals surface area contributed by atoms with Crippen molar-refractivity contribution < 1.29 is 0 Å². The minimum Gasteiger partial charge on any atom is -0.325 e. The first kappa shape index (κ1) is 12.8. The number of H-pyrrole nitrogens is 1. The van der Waals surface area contributed by atoms with Crippen LogP contribution in [0, 0.1) is 13.8 Å². The molecule has 3 N–H and O–H groups in total. The number of hydrogen-bond acceptors (Lipinski definition) is 2. The van der Waals surface area contributed by atoms with E-state index in [-0.39, 0.29) is 11.1 Å². The molecule has 0 aliphatic carbocycles. The average Bonchev–Trinajstić information content (AvgIpc) is 2.18. The van der Waals surface area contributed by atoms with Crippen LogP contribution in [0.1, 0.15) is 30.5 Å². The van der Waals surface area contributed by atoms with Gasteiger partial charge in [0.1, 0.15) is 0 Å². The predicted octanol–water partition coefficient (Wildman–Crippen LogP) is 2.42. The average molecular weight is 244 g/mol. The lowest BCUT2D eigenvalue weighted by Gasteiger charge is -2.18. The van der Waals surface area contributed by atoms with Crippen molar-refractivity contribution in [3.63, 3.8) is 0 Å². The first-order valence-electron chi connectivity index (χ1n) is 6.18. The van der Waals surface area contributed by atoms with E-state index in [0.29, 0.717) is 6.42 Å². The van der Waals surface area contributed by atoms with Crippen molar-refractivity contribution in [1.82, 2.24) is 4.98 Å². The molecule has 96 valence electrons. The van der Waals surface area contributed by atoms with Gasteiger partial charge in [0, 0.05) is 22.0 Å². The number of aromatic amines is 1. The van der Waals surface area contributed by atoms with Crippen LogP contribution in [-0.4, -0.2) is 10.5 Å². The molecule has 1 aromatic carbocycles. The van der Waals surface area contributed by atoms with Gasteiger partial charge in [0.05, 0.1) is 0 Å². The number of nitrogens with two attached hydrogens (primary N) is 1. The SMILES string of the molecule is Cc1cc(C)c2cc(CC(C)(C)N)c(=O)[nH]c2c1. The molecule has 0 atom stereocenters. The molecule has 0 saturated heterocycles. The second-order valence-corrected chi connectivity index (χ2v) is 5.83. The molecule has 3 nitrogen and oxygen atoms in total. The Morgan fingerprint density at radius 2 is 1.89 bits per heavy atom. The molecule has 0 spiro atoms. The fourth-order valence-electron chi connectivity index (χ4n) is 2.34. The number of benzene rings is 1. The largest absolute Gasteiger partial charge is 0.325 e. The summed E-state index contributed by atoms with van der Waals surface area (Å²) in [7, 11) is 0. The number of pyridine rings is 1. The number of nitrogens with one attached hydrogen (secondary N) is 1. The third-order valence-corrected chi connectivity index (χ3v) is 3.04. The number of rotatable bonds is 2. The molecule has 0 aliphatic heterocycles. The van der Waals surface area contributed by atoms with E-state index in [1.807, 2.05) is 32.9 Å². The number of aryl methyl sites for hydroxylation is 2. The van der Waals surface area contributed by atoms with Gasteiger partial charge in [-0.2, -0.15) is 0 Å². The molecule has 2 rings (SSSR count). The zero-order chi connectivity index (χ0) is 13.5. The zero-order valence-corrected chi connectivity index (χ0v) is 11.4. The van der Waals surface area contributed by atoms with Gasteiger partial charge in [-0.15, -0.1) is 0 Å². The Hall–Kier alpha value is -1.61. The second kappa shape index (κ2) is 4.25. The van der Waals surface area contributed by atoms with Gasteiger partial charge in [-0.3, -0.25) is 4.79 Å². The van der Waals surface area contributed by atoms with E-state index < -0.39 is 0 Å². The van der Waals surface area contributed by atoms with Gasteiger partial charge < -0.3 is 10.7 Å². The monoisotopic (exact) mass is 244 g/mol. The van der Waals surface area contributed by atoms with E-state index >= 15 is 0 Å². The molecule has 18 heavy (non-hydrogen) atoms. The quantitative estimate of drug-likeness (QED) is 0.852. The minimum absolute atomic E-state index is 0.0361. The van der Waals surface area contributed by atoms with Crippen molar-refractivity contribution in [2.75, 3.05) is 0 Å². The Balaban J connectivity index is 2.65. The molecule has 0 bridgehead atoms. The summed E-state index contributed by atoms with van der Waals surface area (Å²) in [5, 5.41) is 1.10. The van der Waals surface area contributed by atoms with Crippen molar-refractivity contribution in [3.8, 4) is 0 Å². The fourth-order valence-corrected chi connectivity index (χ4v) is 2.34. The minimum atomic E-state index is -0.376. The number of fused-ring (bicyclic) bond motifs is 1. The highest BCUT2D eigenvalue weighted by Gasteiger charge is 2.15. The Morgan fingerprint density at radius 3 is 2.50 bits per heavy atom. The van der Waals surface area contributed by atoms with Gasteiger partial charge in [0.15, 0.2) is 0 Å². The Bertz CT molecular complexity index is 648. The van der Waals surface area contributed by atoms with Crippen molar-refractivity contribution in [3.05, 3.63) is 45.2 Å². The van der Waals surface area contributed by atoms with E-state index in [0.717, 1.165) is 22.0 Å². The highest BCUT2D eigenvalue weighted by atomic mass is 16.1. The molecule has 1 aromatic heterocycles. The van der Waals surface area contributed by atoms with Crippen LogP contribution in [0.4, 0.5) is 0 Å². The fraction of sp³-hybridized carbons (Fsp3) is 0.400.